The Morgan fingerprint density at radius 3 is 2.50 bits per heavy atom. The van der Waals surface area contributed by atoms with E-state index in [4.69, 9.17) is 4.74 Å². The van der Waals surface area contributed by atoms with Crippen molar-refractivity contribution >= 4 is 0 Å². The maximum atomic E-state index is 10.1. The highest BCUT2D eigenvalue weighted by Gasteiger charge is 2.29. The van der Waals surface area contributed by atoms with Gasteiger partial charge in [0.25, 0.3) is 0 Å². The van der Waals surface area contributed by atoms with Gasteiger partial charge in [-0.15, -0.1) is 0 Å². The molecule has 0 bridgehead atoms. The molecule has 1 aliphatic rings. The van der Waals surface area contributed by atoms with E-state index in [2.05, 4.69) is 0 Å². The van der Waals surface area contributed by atoms with E-state index in [9.17, 15) is 10.2 Å². The average Bonchev–Trinajstić information content (AvgIpc) is 2.40. The number of rotatable bonds is 1. The zero-order valence-corrected chi connectivity index (χ0v) is 11.3. The van der Waals surface area contributed by atoms with Gasteiger partial charge in [-0.05, 0) is 44.5 Å². The Bertz CT molecular complexity index is 483. The summed E-state index contributed by atoms with van der Waals surface area (Å²) in [6.07, 6.45) is 3.51. The first-order valence-corrected chi connectivity index (χ1v) is 6.20. The van der Waals surface area contributed by atoms with Crippen LogP contribution in [0.3, 0.4) is 0 Å². The van der Waals surface area contributed by atoms with Crippen molar-refractivity contribution in [3.63, 3.8) is 0 Å². The van der Waals surface area contributed by atoms with E-state index >= 15 is 0 Å². The smallest absolute Gasteiger partial charge is 0.145 e. The third kappa shape index (κ3) is 2.36. The molecular formula is C15H20O3. The summed E-state index contributed by atoms with van der Waals surface area (Å²) in [7, 11) is 0. The molecule has 0 spiro atoms. The minimum absolute atomic E-state index is 0.152. The molecule has 1 aromatic carbocycles. The van der Waals surface area contributed by atoms with Crippen LogP contribution in [0.5, 0.6) is 11.5 Å². The maximum absolute atomic E-state index is 10.1. The first-order valence-electron chi connectivity index (χ1n) is 6.20. The number of hydrogen-bond acceptors (Lipinski definition) is 3. The van der Waals surface area contributed by atoms with Crippen molar-refractivity contribution in [2.45, 2.75) is 45.3 Å². The summed E-state index contributed by atoms with van der Waals surface area (Å²) in [5.41, 5.74) is 0.780. The molecule has 0 fully saturated rings. The lowest BCUT2D eigenvalue weighted by molar-refractivity contribution is -0.00963. The Kier molecular flexibility index (Phi) is 3.11. The van der Waals surface area contributed by atoms with Gasteiger partial charge in [0.1, 0.15) is 17.6 Å². The van der Waals surface area contributed by atoms with Gasteiger partial charge in [0.05, 0.1) is 5.60 Å². The van der Waals surface area contributed by atoms with Crippen LogP contribution in [0.2, 0.25) is 0 Å². The van der Waals surface area contributed by atoms with E-state index in [1.807, 2.05) is 32.1 Å². The zero-order valence-electron chi connectivity index (χ0n) is 11.3. The van der Waals surface area contributed by atoms with Gasteiger partial charge in [0, 0.05) is 11.5 Å². The quantitative estimate of drug-likeness (QED) is 0.751. The van der Waals surface area contributed by atoms with Crippen LogP contribution in [0.4, 0.5) is 0 Å². The molecule has 3 heteroatoms. The molecule has 0 saturated heterocycles. The van der Waals surface area contributed by atoms with Gasteiger partial charge >= 0.3 is 0 Å². The maximum Gasteiger partial charge on any atom is 0.145 e. The minimum Gasteiger partial charge on any atom is -0.508 e. The molecule has 3 nitrogen and oxygen atoms in total. The summed E-state index contributed by atoms with van der Waals surface area (Å²) >= 11 is 0. The van der Waals surface area contributed by atoms with Crippen LogP contribution in [-0.4, -0.2) is 21.9 Å². The highest BCUT2D eigenvalue weighted by molar-refractivity contribution is 5.49. The molecule has 1 aromatic rings. The second kappa shape index (κ2) is 4.32. The van der Waals surface area contributed by atoms with E-state index in [1.54, 1.807) is 19.9 Å². The lowest BCUT2D eigenvalue weighted by Crippen LogP contribution is -2.38. The molecule has 0 radical (unpaired) electrons. The average molecular weight is 248 g/mol. The summed E-state index contributed by atoms with van der Waals surface area (Å²) in [6, 6.07) is 3.57. The fraction of sp³-hybridized carbons (Fsp3) is 0.467. The third-order valence-electron chi connectivity index (χ3n) is 3.34. The Hall–Kier alpha value is -1.48. The van der Waals surface area contributed by atoms with Gasteiger partial charge in [-0.3, -0.25) is 0 Å². The number of aromatic hydroxyl groups is 1. The van der Waals surface area contributed by atoms with Crippen molar-refractivity contribution < 1.29 is 14.9 Å². The van der Waals surface area contributed by atoms with E-state index in [1.165, 1.54) is 0 Å². The van der Waals surface area contributed by atoms with Gasteiger partial charge in [-0.1, -0.05) is 13.0 Å². The van der Waals surface area contributed by atoms with Gasteiger partial charge in [-0.25, -0.2) is 0 Å². The summed E-state index contributed by atoms with van der Waals surface area (Å²) in [6.45, 7) is 7.33. The zero-order chi connectivity index (χ0) is 13.5. The van der Waals surface area contributed by atoms with Crippen LogP contribution in [0, 0.1) is 6.92 Å². The lowest BCUT2D eigenvalue weighted by Gasteiger charge is -2.27. The van der Waals surface area contributed by atoms with Gasteiger partial charge < -0.3 is 14.9 Å². The molecule has 1 aliphatic heterocycles. The van der Waals surface area contributed by atoms with E-state index in [0.29, 0.717) is 0 Å². The Balaban J connectivity index is 2.48. The normalized spacial score (nSPS) is 23.2. The number of aryl methyl sites for hydroxylation is 1. The van der Waals surface area contributed by atoms with Gasteiger partial charge in [0.2, 0.25) is 0 Å². The molecule has 1 heterocycles. The molecule has 0 aromatic heterocycles. The van der Waals surface area contributed by atoms with E-state index in [-0.39, 0.29) is 17.8 Å². The summed E-state index contributed by atoms with van der Waals surface area (Å²) in [4.78, 5) is 0. The van der Waals surface area contributed by atoms with Crippen molar-refractivity contribution in [3.8, 4) is 11.5 Å². The lowest BCUT2D eigenvalue weighted by atomic mass is 9.97. The molecule has 0 saturated carbocycles. The number of phenolic OH excluding ortho intramolecular Hbond substituents is 1. The second-order valence-corrected chi connectivity index (χ2v) is 5.54. The molecule has 2 rings (SSSR count). The minimum atomic E-state index is -0.941. The van der Waals surface area contributed by atoms with Crippen LogP contribution >= 0.6 is 0 Å². The fourth-order valence-corrected chi connectivity index (χ4v) is 2.07. The largest absolute Gasteiger partial charge is 0.508 e. The molecule has 18 heavy (non-hydrogen) atoms. The molecule has 0 unspecified atom stereocenters. The molecule has 98 valence electrons. The molecule has 2 atom stereocenters. The summed E-state index contributed by atoms with van der Waals surface area (Å²) in [5.74, 6) is 1.16. The Labute approximate surface area is 108 Å². The second-order valence-electron chi connectivity index (χ2n) is 5.54. The third-order valence-corrected chi connectivity index (χ3v) is 3.34. The molecule has 2 N–H and O–H groups in total. The summed E-state index contributed by atoms with van der Waals surface area (Å²) < 4.78 is 5.88. The Morgan fingerprint density at radius 2 is 1.89 bits per heavy atom. The monoisotopic (exact) mass is 248 g/mol. The number of benzene rings is 1. The van der Waals surface area contributed by atoms with Crippen molar-refractivity contribution in [1.82, 2.24) is 0 Å². The first kappa shape index (κ1) is 13.0. The number of fused-ring (bicyclic) bond motifs is 1. The summed E-state index contributed by atoms with van der Waals surface area (Å²) in [5, 5.41) is 19.9. The SMILES string of the molecule is Cc1cc2c(cc1O)[C@@H](C)C=C[C@@H](C(C)(C)O)O2. The van der Waals surface area contributed by atoms with Crippen LogP contribution in [0.15, 0.2) is 24.3 Å². The molecule has 0 amide bonds. The van der Waals surface area contributed by atoms with Crippen LogP contribution in [0.1, 0.15) is 37.8 Å². The van der Waals surface area contributed by atoms with Crippen LogP contribution < -0.4 is 4.74 Å². The topological polar surface area (TPSA) is 49.7 Å². The predicted molar refractivity (Wildman–Crippen MR) is 71.1 cm³/mol. The number of hydrogen-bond donors (Lipinski definition) is 2. The standard InChI is InChI=1S/C15H20O3/c1-9-5-6-14(15(3,4)17)18-13-7-10(2)12(16)8-11(9)13/h5-9,14,16-17H,1-4H3/t9-,14-/m0/s1. The first-order chi connectivity index (χ1) is 8.29. The molecule has 0 aliphatic carbocycles. The molecular weight excluding hydrogens is 228 g/mol. The predicted octanol–water partition coefficient (Wildman–Crippen LogP) is 2.89. The number of phenols is 1. The number of allylic oxidation sites excluding steroid dienone is 1. The highest BCUT2D eigenvalue weighted by Crippen LogP contribution is 2.37. The van der Waals surface area contributed by atoms with Crippen molar-refractivity contribution in [2.24, 2.45) is 0 Å². The van der Waals surface area contributed by atoms with Crippen LogP contribution in [-0.2, 0) is 0 Å². The van der Waals surface area contributed by atoms with Gasteiger partial charge in [0.15, 0.2) is 0 Å². The Morgan fingerprint density at radius 1 is 1.22 bits per heavy atom. The van der Waals surface area contributed by atoms with Crippen LogP contribution in [0.25, 0.3) is 0 Å². The van der Waals surface area contributed by atoms with Gasteiger partial charge in [-0.2, -0.15) is 0 Å². The number of aliphatic hydroxyl groups is 1. The fourth-order valence-electron chi connectivity index (χ4n) is 2.07. The van der Waals surface area contributed by atoms with Crippen molar-refractivity contribution in [3.05, 3.63) is 35.4 Å². The highest BCUT2D eigenvalue weighted by atomic mass is 16.5. The number of ether oxygens (including phenoxy) is 1. The van der Waals surface area contributed by atoms with E-state index < -0.39 is 5.60 Å². The van der Waals surface area contributed by atoms with E-state index in [0.717, 1.165) is 16.9 Å². The van der Waals surface area contributed by atoms with Crippen molar-refractivity contribution in [2.75, 3.05) is 0 Å². The van der Waals surface area contributed by atoms with Crippen molar-refractivity contribution in [1.29, 1.82) is 0 Å².